The van der Waals surface area contributed by atoms with Crippen LogP contribution in [0.2, 0.25) is 6.55 Å². The molecule has 0 heterocycles. The highest BCUT2D eigenvalue weighted by Crippen LogP contribution is 2.15. The highest BCUT2D eigenvalue weighted by Gasteiger charge is 2.33. The summed E-state index contributed by atoms with van der Waals surface area (Å²) in [5.74, 6) is 0. The van der Waals surface area contributed by atoms with Gasteiger partial charge in [0.25, 0.3) is 0 Å². The van der Waals surface area contributed by atoms with E-state index in [1.807, 2.05) is 0 Å². The monoisotopic (exact) mass is 338 g/mol. The molecule has 0 bridgehead atoms. The fourth-order valence-electron chi connectivity index (χ4n) is 3.66. The topological polar surface area (TPSA) is 0 Å². The van der Waals surface area contributed by atoms with Crippen molar-refractivity contribution in [1.29, 1.82) is 0 Å². The van der Waals surface area contributed by atoms with E-state index < -0.39 is 8.07 Å². The Balaban J connectivity index is 1.97. The molecule has 0 aromatic heterocycles. The number of hydrogen-bond acceptors (Lipinski definition) is 0. The van der Waals surface area contributed by atoms with E-state index in [2.05, 4.69) is 111 Å². The van der Waals surface area contributed by atoms with Crippen molar-refractivity contribution in [2.75, 3.05) is 0 Å². The normalized spacial score (nSPS) is 13.5. The molecular weight excluding hydrogens is 316 g/mol. The predicted molar refractivity (Wildman–Crippen MR) is 112 cm³/mol. The van der Waals surface area contributed by atoms with Gasteiger partial charge in [-0.1, -0.05) is 109 Å². The minimum Gasteiger partial charge on any atom is -0.0624 e. The molecule has 0 aliphatic heterocycles. The summed E-state index contributed by atoms with van der Waals surface area (Å²) in [6.07, 6.45) is 0. The number of hydrogen-bond donors (Lipinski definition) is 0. The Morgan fingerprint density at radius 2 is 1.08 bits per heavy atom. The second-order valence-electron chi connectivity index (χ2n) is 6.92. The average Bonchev–Trinajstić information content (AvgIpc) is 2.68. The van der Waals surface area contributed by atoms with Gasteiger partial charge in [0, 0.05) is 0 Å². The molecule has 0 radical (unpaired) electrons. The first-order valence-corrected chi connectivity index (χ1v) is 11.3. The third kappa shape index (κ3) is 2.81. The molecule has 0 spiro atoms. The molecule has 0 nitrogen and oxygen atoms in total. The average molecular weight is 339 g/mol. The lowest BCUT2D eigenvalue weighted by molar-refractivity contribution is 1.48. The van der Waals surface area contributed by atoms with Crippen LogP contribution in [0.5, 0.6) is 0 Å². The Hall–Kier alpha value is -2.64. The van der Waals surface area contributed by atoms with Gasteiger partial charge >= 0.3 is 0 Å². The Morgan fingerprint density at radius 3 is 1.80 bits per heavy atom. The van der Waals surface area contributed by atoms with Crippen molar-refractivity contribution in [2.45, 2.75) is 13.5 Å². The summed E-state index contributed by atoms with van der Waals surface area (Å²) in [6.45, 7) is 4.62. The maximum atomic E-state index is 2.47. The first kappa shape index (κ1) is 15.9. The lowest BCUT2D eigenvalue weighted by Gasteiger charge is -2.30. The minimum atomic E-state index is -2.02. The van der Waals surface area contributed by atoms with Crippen LogP contribution in [0.3, 0.4) is 0 Å². The summed E-state index contributed by atoms with van der Waals surface area (Å²) in [4.78, 5) is 0. The van der Waals surface area contributed by atoms with Crippen molar-refractivity contribution in [3.8, 4) is 0 Å². The molecule has 25 heavy (non-hydrogen) atoms. The summed E-state index contributed by atoms with van der Waals surface area (Å²) in [7, 11) is -2.02. The van der Waals surface area contributed by atoms with Gasteiger partial charge in [0.2, 0.25) is 0 Å². The lowest BCUT2D eigenvalue weighted by atomic mass is 10.1. The van der Waals surface area contributed by atoms with E-state index in [0.717, 1.165) is 0 Å². The largest absolute Gasteiger partial charge is 0.145 e. The van der Waals surface area contributed by atoms with Gasteiger partial charge in [0.15, 0.2) is 0 Å². The second-order valence-corrected chi connectivity index (χ2v) is 10.9. The fourth-order valence-corrected chi connectivity index (χ4v) is 7.21. The number of rotatable bonds is 3. The molecule has 1 heteroatoms. The predicted octanol–water partition coefficient (Wildman–Crippen LogP) is 4.25. The second kappa shape index (κ2) is 6.34. The highest BCUT2D eigenvalue weighted by atomic mass is 28.3. The summed E-state index contributed by atoms with van der Waals surface area (Å²) < 4.78 is 0. The number of aryl methyl sites for hydroxylation is 1. The van der Waals surface area contributed by atoms with Crippen molar-refractivity contribution in [1.82, 2.24) is 0 Å². The molecule has 0 aliphatic carbocycles. The van der Waals surface area contributed by atoms with Crippen LogP contribution in [-0.2, 0) is 0 Å². The van der Waals surface area contributed by atoms with Gasteiger partial charge in [0.1, 0.15) is 8.07 Å². The first-order chi connectivity index (χ1) is 12.2. The molecule has 4 aromatic carbocycles. The quantitative estimate of drug-likeness (QED) is 0.387. The van der Waals surface area contributed by atoms with Crippen LogP contribution in [-0.4, -0.2) is 8.07 Å². The zero-order valence-corrected chi connectivity index (χ0v) is 15.7. The standard InChI is InChI=1S/C24H22Si/c1-19-12-15-23(16-13-19)25(2,22-10-4-3-5-11-22)24-17-14-20-8-6-7-9-21(20)18-24/h3-18H,1-2H3. The summed E-state index contributed by atoms with van der Waals surface area (Å²) in [5.41, 5.74) is 1.31. The molecule has 0 aliphatic rings. The van der Waals surface area contributed by atoms with Crippen LogP contribution in [0.15, 0.2) is 97.1 Å². The maximum absolute atomic E-state index is 2.47. The van der Waals surface area contributed by atoms with E-state index in [4.69, 9.17) is 0 Å². The zero-order valence-electron chi connectivity index (χ0n) is 14.7. The Bertz CT molecular complexity index is 1000. The zero-order chi connectivity index (χ0) is 17.3. The Labute approximate surface area is 150 Å². The van der Waals surface area contributed by atoms with Crippen LogP contribution < -0.4 is 15.6 Å². The molecule has 4 aromatic rings. The molecule has 0 saturated carbocycles. The van der Waals surface area contributed by atoms with E-state index in [-0.39, 0.29) is 0 Å². The van der Waals surface area contributed by atoms with Crippen molar-refractivity contribution in [3.63, 3.8) is 0 Å². The molecule has 1 unspecified atom stereocenters. The Kier molecular flexibility index (Phi) is 4.02. The van der Waals surface area contributed by atoms with Gasteiger partial charge in [-0.25, -0.2) is 0 Å². The third-order valence-corrected chi connectivity index (χ3v) is 9.75. The van der Waals surface area contributed by atoms with Crippen LogP contribution in [0.4, 0.5) is 0 Å². The van der Waals surface area contributed by atoms with Gasteiger partial charge in [-0.05, 0) is 33.3 Å². The molecule has 1 atom stereocenters. The van der Waals surface area contributed by atoms with Gasteiger partial charge in [-0.3, -0.25) is 0 Å². The van der Waals surface area contributed by atoms with E-state index in [1.54, 1.807) is 0 Å². The van der Waals surface area contributed by atoms with Crippen LogP contribution in [0.25, 0.3) is 10.8 Å². The highest BCUT2D eigenvalue weighted by molar-refractivity contribution is 7.10. The van der Waals surface area contributed by atoms with Crippen molar-refractivity contribution in [3.05, 3.63) is 103 Å². The van der Waals surface area contributed by atoms with E-state index in [9.17, 15) is 0 Å². The molecule has 0 fully saturated rings. The van der Waals surface area contributed by atoms with Gasteiger partial charge in [0.05, 0.1) is 0 Å². The van der Waals surface area contributed by atoms with E-state index in [1.165, 1.54) is 31.9 Å². The molecule has 4 rings (SSSR count). The van der Waals surface area contributed by atoms with E-state index >= 15 is 0 Å². The maximum Gasteiger partial charge on any atom is 0.145 e. The summed E-state index contributed by atoms with van der Waals surface area (Å²) >= 11 is 0. The van der Waals surface area contributed by atoms with Crippen molar-refractivity contribution in [2.24, 2.45) is 0 Å². The van der Waals surface area contributed by atoms with E-state index in [0.29, 0.717) is 0 Å². The molecule has 0 N–H and O–H groups in total. The van der Waals surface area contributed by atoms with Crippen molar-refractivity contribution >= 4 is 34.4 Å². The first-order valence-electron chi connectivity index (χ1n) is 8.80. The van der Waals surface area contributed by atoms with Crippen LogP contribution in [0, 0.1) is 6.92 Å². The van der Waals surface area contributed by atoms with Crippen molar-refractivity contribution < 1.29 is 0 Å². The van der Waals surface area contributed by atoms with Crippen LogP contribution >= 0.6 is 0 Å². The number of benzene rings is 4. The summed E-state index contributed by atoms with van der Waals surface area (Å²) in [5, 5.41) is 7.00. The van der Waals surface area contributed by atoms with Gasteiger partial charge in [-0.15, -0.1) is 0 Å². The Morgan fingerprint density at radius 1 is 0.520 bits per heavy atom. The third-order valence-electron chi connectivity index (χ3n) is 5.31. The fraction of sp³-hybridized carbons (Fsp3) is 0.0833. The molecule has 0 amide bonds. The van der Waals surface area contributed by atoms with Gasteiger partial charge in [-0.2, -0.15) is 0 Å². The lowest BCUT2D eigenvalue weighted by Crippen LogP contribution is -2.64. The summed E-state index contributed by atoms with van der Waals surface area (Å²) in [6, 6.07) is 35.8. The number of fused-ring (bicyclic) bond motifs is 1. The minimum absolute atomic E-state index is 1.31. The molecular formula is C24H22Si. The molecule has 0 saturated heterocycles. The smallest absolute Gasteiger partial charge is 0.0624 e. The van der Waals surface area contributed by atoms with Crippen LogP contribution in [0.1, 0.15) is 5.56 Å². The molecule has 122 valence electrons. The SMILES string of the molecule is Cc1ccc([Si](C)(c2ccccc2)c2ccc3ccccc3c2)cc1. The van der Waals surface area contributed by atoms with Gasteiger partial charge < -0.3 is 0 Å².